The van der Waals surface area contributed by atoms with Crippen LogP contribution in [0.15, 0.2) is 24.4 Å². The second-order valence-corrected chi connectivity index (χ2v) is 4.65. The van der Waals surface area contributed by atoms with E-state index in [2.05, 4.69) is 17.2 Å². The van der Waals surface area contributed by atoms with Crippen LogP contribution in [0.25, 0.3) is 10.9 Å². The fourth-order valence-corrected chi connectivity index (χ4v) is 1.97. The molecule has 20 heavy (non-hydrogen) atoms. The van der Waals surface area contributed by atoms with E-state index in [0.29, 0.717) is 12.1 Å². The average molecular weight is 278 g/mol. The van der Waals surface area contributed by atoms with E-state index in [1.165, 1.54) is 18.3 Å². The van der Waals surface area contributed by atoms with Gasteiger partial charge in [0.15, 0.2) is 5.82 Å². The molecule has 1 aromatic heterocycles. The number of aromatic nitrogens is 1. The van der Waals surface area contributed by atoms with Gasteiger partial charge in [-0.1, -0.05) is 19.8 Å². The highest BCUT2D eigenvalue weighted by Gasteiger charge is 2.10. The normalized spacial score (nSPS) is 10.8. The molecule has 106 valence electrons. The molecule has 0 fully saturated rings. The number of hydrogen-bond acceptors (Lipinski definition) is 2. The summed E-state index contributed by atoms with van der Waals surface area (Å²) in [5.41, 5.74) is 0.368. The molecule has 0 bridgehead atoms. The van der Waals surface area contributed by atoms with Gasteiger partial charge in [-0.15, -0.1) is 0 Å². The molecule has 0 radical (unpaired) electrons. The quantitative estimate of drug-likeness (QED) is 0.851. The van der Waals surface area contributed by atoms with Crippen molar-refractivity contribution in [1.82, 2.24) is 10.3 Å². The summed E-state index contributed by atoms with van der Waals surface area (Å²) in [6.07, 6.45) is 4.34. The molecule has 1 N–H and O–H groups in total. The van der Waals surface area contributed by atoms with Gasteiger partial charge in [0, 0.05) is 24.2 Å². The SMILES string of the molecule is CCCCCNC(=O)c1cnc2c(F)cc(F)cc2c1. The first kappa shape index (κ1) is 14.4. The van der Waals surface area contributed by atoms with Gasteiger partial charge in [-0.2, -0.15) is 0 Å². The molecule has 2 aromatic rings. The largest absolute Gasteiger partial charge is 0.352 e. The predicted octanol–water partition coefficient (Wildman–Crippen LogP) is 3.43. The Kier molecular flexibility index (Phi) is 4.61. The van der Waals surface area contributed by atoms with Crippen LogP contribution >= 0.6 is 0 Å². The van der Waals surface area contributed by atoms with Crippen LogP contribution < -0.4 is 5.32 Å². The maximum absolute atomic E-state index is 13.5. The van der Waals surface area contributed by atoms with E-state index >= 15 is 0 Å². The van der Waals surface area contributed by atoms with Crippen molar-refractivity contribution in [2.24, 2.45) is 0 Å². The Morgan fingerprint density at radius 2 is 2.05 bits per heavy atom. The molecule has 0 aliphatic rings. The number of halogens is 2. The number of rotatable bonds is 5. The summed E-state index contributed by atoms with van der Waals surface area (Å²) in [6.45, 7) is 2.67. The minimum absolute atomic E-state index is 0.0638. The molecule has 0 saturated carbocycles. The molecule has 1 amide bonds. The van der Waals surface area contributed by atoms with E-state index in [9.17, 15) is 13.6 Å². The minimum atomic E-state index is -0.727. The lowest BCUT2D eigenvalue weighted by Gasteiger charge is -2.06. The van der Waals surface area contributed by atoms with Crippen LogP contribution in [0.5, 0.6) is 0 Å². The average Bonchev–Trinajstić information content (AvgIpc) is 2.42. The highest BCUT2D eigenvalue weighted by atomic mass is 19.1. The number of unbranched alkanes of at least 4 members (excludes halogenated alkanes) is 2. The van der Waals surface area contributed by atoms with E-state index in [4.69, 9.17) is 0 Å². The number of amides is 1. The zero-order chi connectivity index (χ0) is 14.5. The standard InChI is InChI=1S/C15H16F2N2O/c1-2-3-4-5-18-15(20)11-6-10-7-12(16)8-13(17)14(10)19-9-11/h6-9H,2-5H2,1H3,(H,18,20). The summed E-state index contributed by atoms with van der Waals surface area (Å²) in [4.78, 5) is 15.8. The van der Waals surface area contributed by atoms with Crippen LogP contribution in [0, 0.1) is 11.6 Å². The summed E-state index contributed by atoms with van der Waals surface area (Å²) in [6, 6.07) is 3.39. The number of hydrogen-bond donors (Lipinski definition) is 1. The van der Waals surface area contributed by atoms with Gasteiger partial charge in [0.25, 0.3) is 5.91 Å². The van der Waals surface area contributed by atoms with Crippen LogP contribution in [0.3, 0.4) is 0 Å². The summed E-state index contributed by atoms with van der Waals surface area (Å²) in [5.74, 6) is -1.69. The molecule has 1 aromatic carbocycles. The number of nitrogens with zero attached hydrogens (tertiary/aromatic N) is 1. The number of fused-ring (bicyclic) bond motifs is 1. The number of pyridine rings is 1. The predicted molar refractivity (Wildman–Crippen MR) is 73.5 cm³/mol. The van der Waals surface area contributed by atoms with Crippen LogP contribution in [-0.4, -0.2) is 17.4 Å². The van der Waals surface area contributed by atoms with E-state index < -0.39 is 11.6 Å². The van der Waals surface area contributed by atoms with Crippen molar-refractivity contribution >= 4 is 16.8 Å². The summed E-state index contributed by atoms with van der Waals surface area (Å²) < 4.78 is 26.6. The zero-order valence-electron chi connectivity index (χ0n) is 11.2. The van der Waals surface area contributed by atoms with Crippen molar-refractivity contribution in [1.29, 1.82) is 0 Å². The van der Waals surface area contributed by atoms with Gasteiger partial charge < -0.3 is 5.32 Å². The van der Waals surface area contributed by atoms with Crippen molar-refractivity contribution < 1.29 is 13.6 Å². The number of carbonyl (C=O) groups excluding carboxylic acids is 1. The van der Waals surface area contributed by atoms with Crippen LogP contribution in [-0.2, 0) is 0 Å². The number of benzene rings is 1. The third kappa shape index (κ3) is 3.29. The fraction of sp³-hybridized carbons (Fsp3) is 0.333. The van der Waals surface area contributed by atoms with Gasteiger partial charge in [-0.05, 0) is 18.6 Å². The molecule has 0 aliphatic carbocycles. The number of carbonyl (C=O) groups is 1. The Morgan fingerprint density at radius 1 is 1.25 bits per heavy atom. The third-order valence-corrected chi connectivity index (χ3v) is 3.03. The molecule has 2 rings (SSSR count). The number of nitrogens with one attached hydrogen (secondary N) is 1. The molecule has 0 saturated heterocycles. The summed E-state index contributed by atoms with van der Waals surface area (Å²) >= 11 is 0. The first-order valence-electron chi connectivity index (χ1n) is 6.65. The Bertz CT molecular complexity index is 629. The molecule has 1 heterocycles. The molecule has 0 unspecified atom stereocenters. The van der Waals surface area contributed by atoms with Crippen molar-refractivity contribution in [3.05, 3.63) is 41.6 Å². The van der Waals surface area contributed by atoms with Crippen LogP contribution in [0.1, 0.15) is 36.5 Å². The highest BCUT2D eigenvalue weighted by Crippen LogP contribution is 2.18. The lowest BCUT2D eigenvalue weighted by atomic mass is 10.1. The van der Waals surface area contributed by atoms with Gasteiger partial charge >= 0.3 is 0 Å². The molecule has 0 spiro atoms. The highest BCUT2D eigenvalue weighted by molar-refractivity contribution is 5.97. The third-order valence-electron chi connectivity index (χ3n) is 3.03. The maximum Gasteiger partial charge on any atom is 0.252 e. The monoisotopic (exact) mass is 278 g/mol. The van der Waals surface area contributed by atoms with E-state index in [0.717, 1.165) is 25.3 Å². The lowest BCUT2D eigenvalue weighted by Crippen LogP contribution is -2.24. The fourth-order valence-electron chi connectivity index (χ4n) is 1.97. The Hall–Kier alpha value is -2.04. The zero-order valence-corrected chi connectivity index (χ0v) is 11.2. The molecule has 0 atom stereocenters. The van der Waals surface area contributed by atoms with Gasteiger partial charge in [0.2, 0.25) is 0 Å². The second-order valence-electron chi connectivity index (χ2n) is 4.65. The van der Waals surface area contributed by atoms with Gasteiger partial charge in [-0.25, -0.2) is 8.78 Å². The molecule has 5 heteroatoms. The second kappa shape index (κ2) is 6.41. The van der Waals surface area contributed by atoms with Crippen molar-refractivity contribution in [2.75, 3.05) is 6.54 Å². The first-order valence-corrected chi connectivity index (χ1v) is 6.65. The van der Waals surface area contributed by atoms with Gasteiger partial charge in [-0.3, -0.25) is 9.78 Å². The Balaban J connectivity index is 2.17. The van der Waals surface area contributed by atoms with Gasteiger partial charge in [0.1, 0.15) is 11.3 Å². The van der Waals surface area contributed by atoms with Crippen molar-refractivity contribution in [3.63, 3.8) is 0 Å². The summed E-state index contributed by atoms with van der Waals surface area (Å²) in [5, 5.41) is 3.04. The molecular weight excluding hydrogens is 262 g/mol. The molecular formula is C15H16F2N2O. The van der Waals surface area contributed by atoms with Crippen molar-refractivity contribution in [3.8, 4) is 0 Å². The van der Waals surface area contributed by atoms with Crippen molar-refractivity contribution in [2.45, 2.75) is 26.2 Å². The van der Waals surface area contributed by atoms with Gasteiger partial charge in [0.05, 0.1) is 5.56 Å². The Labute approximate surface area is 116 Å². The topological polar surface area (TPSA) is 42.0 Å². The van der Waals surface area contributed by atoms with Crippen LogP contribution in [0.4, 0.5) is 8.78 Å². The lowest BCUT2D eigenvalue weighted by molar-refractivity contribution is 0.0952. The van der Waals surface area contributed by atoms with E-state index in [1.54, 1.807) is 0 Å². The first-order chi connectivity index (χ1) is 9.61. The summed E-state index contributed by atoms with van der Waals surface area (Å²) in [7, 11) is 0. The minimum Gasteiger partial charge on any atom is -0.352 e. The molecule has 0 aliphatic heterocycles. The Morgan fingerprint density at radius 3 is 2.80 bits per heavy atom. The smallest absolute Gasteiger partial charge is 0.252 e. The van der Waals surface area contributed by atoms with E-state index in [1.807, 2.05) is 0 Å². The maximum atomic E-state index is 13.5. The molecule has 3 nitrogen and oxygen atoms in total. The van der Waals surface area contributed by atoms with Crippen LogP contribution in [0.2, 0.25) is 0 Å². The van der Waals surface area contributed by atoms with E-state index in [-0.39, 0.29) is 16.8 Å².